The summed E-state index contributed by atoms with van der Waals surface area (Å²) in [5.74, 6) is 2.30. The van der Waals surface area contributed by atoms with Crippen LogP contribution in [0.4, 0.5) is 0 Å². The van der Waals surface area contributed by atoms with Crippen LogP contribution < -0.4 is 10.5 Å². The number of rotatable bonds is 7. The molecule has 0 spiro atoms. The van der Waals surface area contributed by atoms with E-state index in [0.717, 1.165) is 54.9 Å². The van der Waals surface area contributed by atoms with Gasteiger partial charge in [0.1, 0.15) is 11.3 Å². The largest absolute Gasteiger partial charge is 0.494 e. The molecule has 3 heterocycles. The van der Waals surface area contributed by atoms with Crippen LogP contribution in [0.3, 0.4) is 0 Å². The summed E-state index contributed by atoms with van der Waals surface area (Å²) in [5.41, 5.74) is 16.2. The lowest BCUT2D eigenvalue weighted by molar-refractivity contribution is -0.117. The van der Waals surface area contributed by atoms with Crippen molar-refractivity contribution in [3.8, 4) is 17.3 Å². The summed E-state index contributed by atoms with van der Waals surface area (Å²) in [5, 5.41) is 1.22. The lowest BCUT2D eigenvalue weighted by Crippen LogP contribution is -2.74. The zero-order chi connectivity index (χ0) is 29.7. The molecule has 2 N–H and O–H groups in total. The Kier molecular flexibility index (Phi) is 5.52. The van der Waals surface area contributed by atoms with Crippen molar-refractivity contribution in [1.82, 2.24) is 19.0 Å². The van der Waals surface area contributed by atoms with E-state index < -0.39 is 0 Å². The summed E-state index contributed by atoms with van der Waals surface area (Å²) in [6.45, 7) is 2.37. The molecule has 1 amide bonds. The molecule has 3 aliphatic carbocycles. The van der Waals surface area contributed by atoms with Gasteiger partial charge < -0.3 is 24.5 Å². The Bertz CT molecular complexity index is 2040. The quantitative estimate of drug-likeness (QED) is 0.245. The highest BCUT2D eigenvalue weighted by atomic mass is 16.5. The van der Waals surface area contributed by atoms with Crippen molar-refractivity contribution in [3.05, 3.63) is 82.9 Å². The van der Waals surface area contributed by atoms with Gasteiger partial charge in [0.05, 0.1) is 18.3 Å². The number of hydrogen-bond donors (Lipinski definition) is 1. The van der Waals surface area contributed by atoms with Crippen LogP contribution in [-0.2, 0) is 20.0 Å². The van der Waals surface area contributed by atoms with Crippen molar-refractivity contribution >= 4 is 39.5 Å². The summed E-state index contributed by atoms with van der Waals surface area (Å²) in [7, 11) is 3.73. The van der Waals surface area contributed by atoms with E-state index in [2.05, 4.69) is 70.8 Å². The molecule has 7 heteroatoms. The predicted octanol–water partition coefficient (Wildman–Crippen LogP) is 6.27. The molecule has 7 nitrogen and oxygen atoms in total. The number of aromatic nitrogens is 3. The highest BCUT2D eigenvalue weighted by Crippen LogP contribution is 2.53. The van der Waals surface area contributed by atoms with Crippen LogP contribution in [0.1, 0.15) is 52.7 Å². The molecule has 4 aliphatic rings. The molecule has 222 valence electrons. The maximum absolute atomic E-state index is 13.6. The van der Waals surface area contributed by atoms with E-state index in [9.17, 15) is 4.79 Å². The lowest BCUT2D eigenvalue weighted by Gasteiger charge is -2.64. The average Bonchev–Trinajstić information content (AvgIpc) is 3.49. The number of carbonyl (C=O) groups is 1. The van der Waals surface area contributed by atoms with E-state index in [4.69, 9.17) is 15.5 Å². The number of ether oxygens (including phenoxy) is 1. The van der Waals surface area contributed by atoms with E-state index in [1.54, 1.807) is 7.11 Å². The molecular formula is C37H37N5O2. The predicted molar refractivity (Wildman–Crippen MR) is 174 cm³/mol. The second kappa shape index (κ2) is 9.32. The summed E-state index contributed by atoms with van der Waals surface area (Å²) in [6, 6.07) is 21.9. The average molecular weight is 584 g/mol. The van der Waals surface area contributed by atoms with Crippen molar-refractivity contribution in [3.63, 3.8) is 0 Å². The minimum absolute atomic E-state index is 0.0462. The summed E-state index contributed by atoms with van der Waals surface area (Å²) < 4.78 is 10.5. The van der Waals surface area contributed by atoms with Crippen molar-refractivity contribution < 1.29 is 9.53 Å². The van der Waals surface area contributed by atoms with E-state index in [1.165, 1.54) is 46.0 Å². The number of piperidine rings is 1. The molecule has 44 heavy (non-hydrogen) atoms. The summed E-state index contributed by atoms with van der Waals surface area (Å²) >= 11 is 0. The lowest BCUT2D eigenvalue weighted by atomic mass is 9.57. The first-order chi connectivity index (χ1) is 21.5. The van der Waals surface area contributed by atoms with E-state index in [-0.39, 0.29) is 17.4 Å². The Morgan fingerprint density at radius 3 is 2.68 bits per heavy atom. The van der Waals surface area contributed by atoms with E-state index in [0.29, 0.717) is 23.8 Å². The molecule has 0 radical (unpaired) electrons. The molecule has 3 fully saturated rings. The Morgan fingerprint density at radius 1 is 1.09 bits per heavy atom. The van der Waals surface area contributed by atoms with Crippen LogP contribution in [-0.4, -0.2) is 51.2 Å². The number of hydrogen-bond acceptors (Lipinski definition) is 4. The van der Waals surface area contributed by atoms with Gasteiger partial charge in [-0.2, -0.15) is 0 Å². The Morgan fingerprint density at radius 2 is 1.95 bits per heavy atom. The number of imidazole rings is 1. The molecule has 2 aromatic heterocycles. The Hall–Kier alpha value is -4.36. The van der Waals surface area contributed by atoms with Crippen LogP contribution in [0.25, 0.3) is 45.1 Å². The number of nitrogens with zero attached hydrogens (tertiary/aromatic N) is 4. The minimum Gasteiger partial charge on any atom is -0.494 e. The van der Waals surface area contributed by atoms with E-state index >= 15 is 0 Å². The van der Waals surface area contributed by atoms with Gasteiger partial charge in [0, 0.05) is 54.6 Å². The molecule has 0 bridgehead atoms. The molecule has 1 unspecified atom stereocenters. The van der Waals surface area contributed by atoms with Crippen LogP contribution in [0.5, 0.6) is 5.75 Å². The number of likely N-dealkylation sites (tertiary alicyclic amines) is 1. The van der Waals surface area contributed by atoms with Gasteiger partial charge in [0.2, 0.25) is 0 Å². The zero-order valence-electron chi connectivity index (χ0n) is 25.3. The maximum Gasteiger partial charge on any atom is 0.254 e. The molecule has 1 aliphatic heterocycles. The third-order valence-corrected chi connectivity index (χ3v) is 11.0. The Labute approximate surface area is 256 Å². The monoisotopic (exact) mass is 583 g/mol. The van der Waals surface area contributed by atoms with Crippen LogP contribution in [0, 0.1) is 11.3 Å². The fourth-order valence-corrected chi connectivity index (χ4v) is 8.05. The third-order valence-electron chi connectivity index (χ3n) is 11.0. The topological polar surface area (TPSA) is 78.3 Å². The standard InChI is InChI=1S/C37H37N5O2/c1-40-34-29(15-28(18-32(34)44-2)36(43)42-21-37(20-38)12-11-33(37)42)39-35(40)31-17-26-10-9-25(16-30(26)41(31)19-22-7-8-22)27-13-23-5-3-4-6-24(23)14-27/h3-6,9-10,13,15-18,22,33H,7-8,11-12,14,19-21,38H2,1-2H3/t33?,37-/m1/s1. The Balaban J connectivity index is 1.13. The van der Waals surface area contributed by atoms with E-state index in [1.807, 2.05) is 17.0 Å². The number of carbonyl (C=O) groups excluding carboxylic acids is 1. The number of benzene rings is 3. The van der Waals surface area contributed by atoms with Crippen molar-refractivity contribution in [2.75, 3.05) is 20.2 Å². The second-order valence-electron chi connectivity index (χ2n) is 13.5. The van der Waals surface area contributed by atoms with Crippen molar-refractivity contribution in [2.45, 2.75) is 44.7 Å². The zero-order valence-corrected chi connectivity index (χ0v) is 25.3. The van der Waals surface area contributed by atoms with Gasteiger partial charge in [-0.25, -0.2) is 4.98 Å². The first-order valence-electron chi connectivity index (χ1n) is 15.9. The maximum atomic E-state index is 13.6. The highest BCUT2D eigenvalue weighted by Gasteiger charge is 2.59. The van der Waals surface area contributed by atoms with Crippen LogP contribution in [0.2, 0.25) is 0 Å². The van der Waals surface area contributed by atoms with Gasteiger partial charge in [-0.15, -0.1) is 0 Å². The van der Waals surface area contributed by atoms with Gasteiger partial charge in [-0.05, 0) is 84.6 Å². The van der Waals surface area contributed by atoms with Crippen molar-refractivity contribution in [1.29, 1.82) is 0 Å². The molecule has 1 saturated heterocycles. The van der Waals surface area contributed by atoms with Gasteiger partial charge in [-0.1, -0.05) is 42.5 Å². The normalized spacial score (nSPS) is 22.0. The third kappa shape index (κ3) is 3.71. The number of nitrogens with two attached hydrogens (primary N) is 1. The molecule has 5 aromatic rings. The van der Waals surface area contributed by atoms with Crippen molar-refractivity contribution in [2.24, 2.45) is 24.1 Å². The number of fused-ring (bicyclic) bond motifs is 4. The molecular weight excluding hydrogens is 546 g/mol. The fraction of sp³-hybridized carbons (Fsp3) is 0.351. The molecule has 2 saturated carbocycles. The molecule has 9 rings (SSSR count). The summed E-state index contributed by atoms with van der Waals surface area (Å²) in [4.78, 5) is 20.8. The number of aryl methyl sites for hydroxylation is 1. The second-order valence-corrected chi connectivity index (χ2v) is 13.5. The van der Waals surface area contributed by atoms with Crippen LogP contribution in [0.15, 0.2) is 60.7 Å². The number of methoxy groups -OCH3 is 1. The number of allylic oxidation sites excluding steroid dienone is 1. The minimum atomic E-state index is 0.0462. The van der Waals surface area contributed by atoms with Gasteiger partial charge in [-0.3, -0.25) is 4.79 Å². The number of amides is 1. The molecule has 2 atom stereocenters. The summed E-state index contributed by atoms with van der Waals surface area (Å²) in [6.07, 6.45) is 7.99. The highest BCUT2D eigenvalue weighted by molar-refractivity contribution is 6.01. The van der Waals surface area contributed by atoms with Gasteiger partial charge >= 0.3 is 0 Å². The fourth-order valence-electron chi connectivity index (χ4n) is 8.05. The first-order valence-corrected chi connectivity index (χ1v) is 15.9. The molecule has 3 aromatic carbocycles. The van der Waals surface area contributed by atoms with Gasteiger partial charge in [0.15, 0.2) is 5.82 Å². The first kappa shape index (κ1) is 26.1. The van der Waals surface area contributed by atoms with Gasteiger partial charge in [0.25, 0.3) is 5.91 Å². The van der Waals surface area contributed by atoms with Crippen LogP contribution >= 0.6 is 0 Å². The SMILES string of the molecule is COc1cc(C(=O)N2C[C@]3(CN)CCC23)cc2nc(-c3cc4ccc(C5=Cc6ccccc6C5)cc4n3CC3CC3)n(C)c12. The smallest absolute Gasteiger partial charge is 0.254 e.